The lowest BCUT2D eigenvalue weighted by Crippen LogP contribution is -2.07. The van der Waals surface area contributed by atoms with Crippen molar-refractivity contribution in [1.82, 2.24) is 14.8 Å². The quantitative estimate of drug-likeness (QED) is 0.427. The number of benzene rings is 2. The predicted octanol–water partition coefficient (Wildman–Crippen LogP) is 5.01. The average Bonchev–Trinajstić information content (AvgIpc) is 3.05. The number of nitriles is 1. The summed E-state index contributed by atoms with van der Waals surface area (Å²) < 4.78 is 1.97. The highest BCUT2D eigenvalue weighted by atomic mass is 35.5. The number of halogens is 1. The molecule has 0 saturated heterocycles. The summed E-state index contributed by atoms with van der Waals surface area (Å²) in [6, 6.07) is 19.8. The summed E-state index contributed by atoms with van der Waals surface area (Å²) in [5, 5.41) is 19.3. The second-order valence-corrected chi connectivity index (χ2v) is 7.24. The van der Waals surface area contributed by atoms with Gasteiger partial charge in [-0.15, -0.1) is 16.8 Å². The van der Waals surface area contributed by atoms with Gasteiger partial charge in [-0.25, -0.2) is 0 Å². The highest BCUT2D eigenvalue weighted by Crippen LogP contribution is 2.29. The second-order valence-electron chi connectivity index (χ2n) is 5.64. The second kappa shape index (κ2) is 8.70. The standard InChI is InChI=1S/C20H17ClN4S/c1-2-12-25-19(16-8-10-17(21)11-9-16)23-24-20(25)26-18(14-22)13-15-6-4-3-5-7-15/h2-11,18H,1,12-13H2. The molecule has 26 heavy (non-hydrogen) atoms. The molecule has 1 aromatic heterocycles. The van der Waals surface area contributed by atoms with Gasteiger partial charge >= 0.3 is 0 Å². The molecule has 0 spiro atoms. The number of hydrogen-bond acceptors (Lipinski definition) is 4. The van der Waals surface area contributed by atoms with Crippen LogP contribution in [0.3, 0.4) is 0 Å². The molecule has 3 rings (SSSR count). The zero-order chi connectivity index (χ0) is 18.4. The molecule has 3 aromatic rings. The third-order valence-corrected chi connectivity index (χ3v) is 5.11. The lowest BCUT2D eigenvalue weighted by atomic mass is 10.1. The Bertz CT molecular complexity index is 913. The smallest absolute Gasteiger partial charge is 0.193 e. The molecule has 0 saturated carbocycles. The van der Waals surface area contributed by atoms with Crippen LogP contribution in [0.4, 0.5) is 0 Å². The average molecular weight is 381 g/mol. The monoisotopic (exact) mass is 380 g/mol. The van der Waals surface area contributed by atoms with E-state index in [2.05, 4.69) is 22.8 Å². The molecule has 0 aliphatic carbocycles. The Balaban J connectivity index is 1.86. The fraction of sp³-hybridized carbons (Fsp3) is 0.150. The maximum Gasteiger partial charge on any atom is 0.193 e. The summed E-state index contributed by atoms with van der Waals surface area (Å²) >= 11 is 7.39. The van der Waals surface area contributed by atoms with Crippen LogP contribution in [-0.4, -0.2) is 20.0 Å². The molecule has 2 aromatic carbocycles. The van der Waals surface area contributed by atoms with E-state index in [0.29, 0.717) is 23.1 Å². The lowest BCUT2D eigenvalue weighted by molar-refractivity contribution is 0.729. The summed E-state index contributed by atoms with van der Waals surface area (Å²) in [5.74, 6) is 0.737. The molecule has 130 valence electrons. The fourth-order valence-electron chi connectivity index (χ4n) is 2.55. The Kier molecular flexibility index (Phi) is 6.11. The third kappa shape index (κ3) is 4.34. The molecule has 1 unspecified atom stereocenters. The van der Waals surface area contributed by atoms with Gasteiger partial charge in [0.25, 0.3) is 0 Å². The van der Waals surface area contributed by atoms with E-state index >= 15 is 0 Å². The normalized spacial score (nSPS) is 11.7. The number of allylic oxidation sites excluding steroid dienone is 1. The van der Waals surface area contributed by atoms with Crippen molar-refractivity contribution in [2.45, 2.75) is 23.4 Å². The van der Waals surface area contributed by atoms with Crippen LogP contribution in [0.25, 0.3) is 11.4 Å². The minimum absolute atomic E-state index is 0.247. The van der Waals surface area contributed by atoms with Crippen LogP contribution in [0.2, 0.25) is 5.02 Å². The molecule has 6 heteroatoms. The van der Waals surface area contributed by atoms with Crippen LogP contribution < -0.4 is 0 Å². The molecule has 0 aliphatic rings. The molecule has 0 bridgehead atoms. The summed E-state index contributed by atoms with van der Waals surface area (Å²) in [7, 11) is 0. The van der Waals surface area contributed by atoms with Crippen LogP contribution >= 0.6 is 23.4 Å². The van der Waals surface area contributed by atoms with Crippen LogP contribution in [0.1, 0.15) is 5.56 Å². The van der Waals surface area contributed by atoms with Crippen molar-refractivity contribution < 1.29 is 0 Å². The van der Waals surface area contributed by atoms with Gasteiger partial charge in [0, 0.05) is 17.1 Å². The van der Waals surface area contributed by atoms with Crippen LogP contribution in [0.15, 0.2) is 72.4 Å². The van der Waals surface area contributed by atoms with E-state index in [9.17, 15) is 5.26 Å². The summed E-state index contributed by atoms with van der Waals surface area (Å²) in [4.78, 5) is 0. The van der Waals surface area contributed by atoms with Gasteiger partial charge in [0.15, 0.2) is 11.0 Å². The van der Waals surface area contributed by atoms with Gasteiger partial charge in [-0.05, 0) is 36.2 Å². The highest BCUT2D eigenvalue weighted by Gasteiger charge is 2.18. The van der Waals surface area contributed by atoms with E-state index in [0.717, 1.165) is 17.0 Å². The zero-order valence-electron chi connectivity index (χ0n) is 14.0. The van der Waals surface area contributed by atoms with Gasteiger partial charge in [0.1, 0.15) is 5.25 Å². The first kappa shape index (κ1) is 18.2. The van der Waals surface area contributed by atoms with E-state index in [1.54, 1.807) is 6.08 Å². The largest absolute Gasteiger partial charge is 0.298 e. The minimum Gasteiger partial charge on any atom is -0.298 e. The SMILES string of the molecule is C=CCn1c(SC(C#N)Cc2ccccc2)nnc1-c1ccc(Cl)cc1. The van der Waals surface area contributed by atoms with E-state index in [1.165, 1.54) is 11.8 Å². The first-order valence-corrected chi connectivity index (χ1v) is 9.37. The molecule has 0 fully saturated rings. The molecule has 4 nitrogen and oxygen atoms in total. The van der Waals surface area contributed by atoms with E-state index in [-0.39, 0.29) is 5.25 Å². The van der Waals surface area contributed by atoms with Crippen molar-refractivity contribution in [2.75, 3.05) is 0 Å². The zero-order valence-corrected chi connectivity index (χ0v) is 15.6. The van der Waals surface area contributed by atoms with Crippen LogP contribution in [0, 0.1) is 11.3 Å². The Labute approximate surface area is 162 Å². The Morgan fingerprint density at radius 3 is 2.54 bits per heavy atom. The van der Waals surface area contributed by atoms with E-state index in [1.807, 2.05) is 59.2 Å². The Morgan fingerprint density at radius 1 is 1.15 bits per heavy atom. The van der Waals surface area contributed by atoms with Gasteiger partial charge in [-0.3, -0.25) is 4.57 Å². The Morgan fingerprint density at radius 2 is 1.88 bits per heavy atom. The van der Waals surface area contributed by atoms with Crippen molar-refractivity contribution in [3.63, 3.8) is 0 Å². The van der Waals surface area contributed by atoms with Crippen LogP contribution in [-0.2, 0) is 13.0 Å². The Hall–Kier alpha value is -2.55. The molecule has 0 amide bonds. The van der Waals surface area contributed by atoms with Gasteiger partial charge in [0.05, 0.1) is 6.07 Å². The molecule has 0 N–H and O–H groups in total. The maximum atomic E-state index is 9.56. The van der Waals surface area contributed by atoms with Gasteiger partial charge in [-0.1, -0.05) is 59.8 Å². The lowest BCUT2D eigenvalue weighted by Gasteiger charge is -2.11. The molecule has 1 atom stereocenters. The summed E-state index contributed by atoms with van der Waals surface area (Å²) in [5.41, 5.74) is 2.05. The number of nitrogens with zero attached hydrogens (tertiary/aromatic N) is 4. The highest BCUT2D eigenvalue weighted by molar-refractivity contribution is 8.00. The molecule has 0 radical (unpaired) electrons. The van der Waals surface area contributed by atoms with E-state index in [4.69, 9.17) is 11.6 Å². The first-order valence-electron chi connectivity index (χ1n) is 8.11. The van der Waals surface area contributed by atoms with Gasteiger partial charge in [0.2, 0.25) is 0 Å². The number of aromatic nitrogens is 3. The van der Waals surface area contributed by atoms with E-state index < -0.39 is 0 Å². The van der Waals surface area contributed by atoms with Crippen LogP contribution in [0.5, 0.6) is 0 Å². The van der Waals surface area contributed by atoms with Crippen molar-refractivity contribution in [1.29, 1.82) is 5.26 Å². The van der Waals surface area contributed by atoms with Crippen molar-refractivity contribution in [2.24, 2.45) is 0 Å². The minimum atomic E-state index is -0.247. The first-order chi connectivity index (χ1) is 12.7. The predicted molar refractivity (Wildman–Crippen MR) is 106 cm³/mol. The summed E-state index contributed by atoms with van der Waals surface area (Å²) in [6.07, 6.45) is 2.45. The molecular formula is C20H17ClN4S. The number of rotatable bonds is 7. The third-order valence-electron chi connectivity index (χ3n) is 3.79. The van der Waals surface area contributed by atoms with Crippen molar-refractivity contribution >= 4 is 23.4 Å². The maximum absolute atomic E-state index is 9.56. The molecular weight excluding hydrogens is 364 g/mol. The molecule has 0 aliphatic heterocycles. The molecule has 1 heterocycles. The summed E-state index contributed by atoms with van der Waals surface area (Å²) in [6.45, 7) is 4.39. The fourth-order valence-corrected chi connectivity index (χ4v) is 3.64. The van der Waals surface area contributed by atoms with Gasteiger partial charge < -0.3 is 0 Å². The number of hydrogen-bond donors (Lipinski definition) is 0. The topological polar surface area (TPSA) is 54.5 Å². The van der Waals surface area contributed by atoms with Gasteiger partial charge in [-0.2, -0.15) is 5.26 Å². The van der Waals surface area contributed by atoms with Crippen molar-refractivity contribution in [3.05, 3.63) is 77.8 Å². The number of thioether (sulfide) groups is 1. The van der Waals surface area contributed by atoms with Crippen molar-refractivity contribution in [3.8, 4) is 17.5 Å².